The van der Waals surface area contributed by atoms with Crippen LogP contribution in [-0.2, 0) is 6.61 Å². The predicted octanol–water partition coefficient (Wildman–Crippen LogP) is 4.11. The van der Waals surface area contributed by atoms with Crippen LogP contribution in [0.25, 0.3) is 0 Å². The molecule has 4 heteroatoms. The number of rotatable bonds is 3. The zero-order valence-corrected chi connectivity index (χ0v) is 11.9. The first-order valence-corrected chi connectivity index (χ1v) is 6.54. The maximum absolute atomic E-state index is 5.86. The zero-order chi connectivity index (χ0) is 12.3. The van der Waals surface area contributed by atoms with E-state index in [9.17, 15) is 0 Å². The Morgan fingerprint density at radius 2 is 1.94 bits per heavy atom. The molecule has 0 spiro atoms. The Morgan fingerprint density at radius 1 is 1.18 bits per heavy atom. The molecule has 0 amide bonds. The second-order valence-corrected chi connectivity index (χ2v) is 5.16. The molecule has 2 aromatic carbocycles. The van der Waals surface area contributed by atoms with Gasteiger partial charge in [0.2, 0.25) is 0 Å². The lowest BCUT2D eigenvalue weighted by molar-refractivity contribution is 0.304. The summed E-state index contributed by atoms with van der Waals surface area (Å²) in [5.74, 6) is 0.863. The summed E-state index contributed by atoms with van der Waals surface area (Å²) in [4.78, 5) is 0. The smallest absolute Gasteiger partial charge is 0.133 e. The molecule has 0 saturated carbocycles. The molecule has 0 heterocycles. The van der Waals surface area contributed by atoms with E-state index in [1.165, 1.54) is 0 Å². The highest BCUT2D eigenvalue weighted by Crippen LogP contribution is 2.23. The van der Waals surface area contributed by atoms with Crippen LogP contribution < -0.4 is 10.5 Å². The van der Waals surface area contributed by atoms with E-state index in [2.05, 4.69) is 22.6 Å². The van der Waals surface area contributed by atoms with Gasteiger partial charge in [0, 0.05) is 16.3 Å². The highest BCUT2D eigenvalue weighted by atomic mass is 127. The van der Waals surface area contributed by atoms with Gasteiger partial charge in [-0.25, -0.2) is 0 Å². The molecule has 0 radical (unpaired) electrons. The number of benzene rings is 2. The number of halogens is 2. The highest BCUT2D eigenvalue weighted by Gasteiger charge is 2.03. The van der Waals surface area contributed by atoms with Crippen molar-refractivity contribution < 1.29 is 4.74 Å². The van der Waals surface area contributed by atoms with E-state index in [0.717, 1.165) is 14.9 Å². The number of para-hydroxylation sites is 1. The third kappa shape index (κ3) is 3.26. The third-order valence-electron chi connectivity index (χ3n) is 2.33. The topological polar surface area (TPSA) is 35.2 Å². The van der Waals surface area contributed by atoms with Gasteiger partial charge in [0.15, 0.2) is 0 Å². The maximum Gasteiger partial charge on any atom is 0.133 e. The fraction of sp³-hybridized carbons (Fsp3) is 0.0769. The number of anilines is 1. The summed E-state index contributed by atoms with van der Waals surface area (Å²) >= 11 is 8.08. The van der Waals surface area contributed by atoms with Crippen LogP contribution in [-0.4, -0.2) is 0 Å². The van der Waals surface area contributed by atoms with Crippen molar-refractivity contribution in [2.75, 3.05) is 5.73 Å². The largest absolute Gasteiger partial charge is 0.488 e. The number of nitrogens with two attached hydrogens (primary N) is 1. The van der Waals surface area contributed by atoms with Crippen molar-refractivity contribution in [2.45, 2.75) is 6.61 Å². The number of hydrogen-bond donors (Lipinski definition) is 1. The van der Waals surface area contributed by atoms with Crippen LogP contribution in [0.15, 0.2) is 42.5 Å². The van der Waals surface area contributed by atoms with Crippen LogP contribution in [0.3, 0.4) is 0 Å². The minimum atomic E-state index is 0.447. The van der Waals surface area contributed by atoms with Crippen LogP contribution in [0.2, 0.25) is 5.02 Å². The van der Waals surface area contributed by atoms with Gasteiger partial charge in [-0.1, -0.05) is 29.8 Å². The van der Waals surface area contributed by atoms with Gasteiger partial charge in [-0.05, 0) is 46.9 Å². The first kappa shape index (κ1) is 12.5. The van der Waals surface area contributed by atoms with Gasteiger partial charge in [-0.3, -0.25) is 0 Å². The van der Waals surface area contributed by atoms with Gasteiger partial charge in [-0.15, -0.1) is 0 Å². The Kier molecular flexibility index (Phi) is 4.12. The van der Waals surface area contributed by atoms with Crippen molar-refractivity contribution in [3.8, 4) is 5.75 Å². The van der Waals surface area contributed by atoms with Gasteiger partial charge in [0.1, 0.15) is 12.4 Å². The van der Waals surface area contributed by atoms with Gasteiger partial charge < -0.3 is 10.5 Å². The van der Waals surface area contributed by atoms with Crippen LogP contribution in [0, 0.1) is 3.57 Å². The van der Waals surface area contributed by atoms with Crippen LogP contribution in [0.5, 0.6) is 5.75 Å². The van der Waals surface area contributed by atoms with Crippen LogP contribution in [0.1, 0.15) is 5.56 Å². The summed E-state index contributed by atoms with van der Waals surface area (Å²) in [6.07, 6.45) is 0. The Balaban J connectivity index is 2.10. The monoisotopic (exact) mass is 359 g/mol. The maximum atomic E-state index is 5.86. The van der Waals surface area contributed by atoms with Gasteiger partial charge in [-0.2, -0.15) is 0 Å². The molecule has 0 aliphatic rings. The first-order valence-electron chi connectivity index (χ1n) is 5.08. The second-order valence-electron chi connectivity index (χ2n) is 3.56. The van der Waals surface area contributed by atoms with E-state index in [0.29, 0.717) is 17.3 Å². The van der Waals surface area contributed by atoms with E-state index >= 15 is 0 Å². The fourth-order valence-electron chi connectivity index (χ4n) is 1.41. The van der Waals surface area contributed by atoms with Crippen molar-refractivity contribution in [2.24, 2.45) is 0 Å². The van der Waals surface area contributed by atoms with Crippen molar-refractivity contribution in [3.05, 3.63) is 56.6 Å². The first-order chi connectivity index (χ1) is 8.16. The number of hydrogen-bond acceptors (Lipinski definition) is 2. The van der Waals surface area contributed by atoms with Crippen molar-refractivity contribution in [1.82, 2.24) is 0 Å². The molecule has 0 unspecified atom stereocenters. The second kappa shape index (κ2) is 5.60. The Morgan fingerprint density at radius 3 is 2.65 bits per heavy atom. The van der Waals surface area contributed by atoms with E-state index < -0.39 is 0 Å². The molecule has 0 atom stereocenters. The summed E-state index contributed by atoms with van der Waals surface area (Å²) in [5.41, 5.74) is 7.45. The standard InChI is InChI=1S/C13H11ClINO/c14-10-6-5-9(12(16)7-10)8-17-13-4-2-1-3-11(13)15/h1-7H,8,16H2. The van der Waals surface area contributed by atoms with Gasteiger partial charge in [0.05, 0.1) is 3.57 Å². The predicted molar refractivity (Wildman–Crippen MR) is 79.4 cm³/mol. The van der Waals surface area contributed by atoms with Gasteiger partial charge >= 0.3 is 0 Å². The van der Waals surface area contributed by atoms with Crippen molar-refractivity contribution in [1.29, 1.82) is 0 Å². The Labute approximate surface area is 119 Å². The molecule has 2 rings (SSSR count). The molecule has 0 fully saturated rings. The summed E-state index contributed by atoms with van der Waals surface area (Å²) in [5, 5.41) is 0.639. The molecule has 2 nitrogen and oxygen atoms in total. The quantitative estimate of drug-likeness (QED) is 0.661. The lowest BCUT2D eigenvalue weighted by Gasteiger charge is -2.10. The molecule has 0 saturated heterocycles. The summed E-state index contributed by atoms with van der Waals surface area (Å²) in [6.45, 7) is 0.447. The van der Waals surface area contributed by atoms with E-state index in [4.69, 9.17) is 22.1 Å². The number of ether oxygens (including phenoxy) is 1. The summed E-state index contributed by atoms with van der Waals surface area (Å²) < 4.78 is 6.79. The lowest BCUT2D eigenvalue weighted by atomic mass is 10.2. The number of nitrogen functional groups attached to an aromatic ring is 1. The Hall–Kier alpha value is -0.940. The molecule has 0 bridgehead atoms. The van der Waals surface area contributed by atoms with E-state index in [1.807, 2.05) is 36.4 Å². The molecule has 2 aromatic rings. The molecule has 17 heavy (non-hydrogen) atoms. The third-order valence-corrected chi connectivity index (χ3v) is 3.45. The van der Waals surface area contributed by atoms with Crippen LogP contribution >= 0.6 is 34.2 Å². The average Bonchev–Trinajstić information content (AvgIpc) is 2.30. The van der Waals surface area contributed by atoms with E-state index in [1.54, 1.807) is 6.07 Å². The molecular formula is C13H11ClINO. The summed E-state index contributed by atoms with van der Waals surface area (Å²) in [6, 6.07) is 13.3. The molecule has 0 aromatic heterocycles. The normalized spacial score (nSPS) is 10.2. The minimum absolute atomic E-state index is 0.447. The summed E-state index contributed by atoms with van der Waals surface area (Å²) in [7, 11) is 0. The zero-order valence-electron chi connectivity index (χ0n) is 8.99. The highest BCUT2D eigenvalue weighted by molar-refractivity contribution is 14.1. The minimum Gasteiger partial charge on any atom is -0.488 e. The van der Waals surface area contributed by atoms with Crippen molar-refractivity contribution >= 4 is 39.9 Å². The SMILES string of the molecule is Nc1cc(Cl)ccc1COc1ccccc1I. The fourth-order valence-corrected chi connectivity index (χ4v) is 2.14. The molecule has 0 aliphatic carbocycles. The molecule has 88 valence electrons. The molecule has 2 N–H and O–H groups in total. The molecular weight excluding hydrogens is 349 g/mol. The van der Waals surface area contributed by atoms with Crippen LogP contribution in [0.4, 0.5) is 5.69 Å². The lowest BCUT2D eigenvalue weighted by Crippen LogP contribution is -2.00. The van der Waals surface area contributed by atoms with Crippen molar-refractivity contribution in [3.63, 3.8) is 0 Å². The van der Waals surface area contributed by atoms with Gasteiger partial charge in [0.25, 0.3) is 0 Å². The molecule has 0 aliphatic heterocycles. The Bertz CT molecular complexity index is 531. The average molecular weight is 360 g/mol. The van der Waals surface area contributed by atoms with E-state index in [-0.39, 0.29) is 0 Å².